The van der Waals surface area contributed by atoms with Crippen LogP contribution < -0.4 is 5.73 Å². The number of thiazole rings is 1. The van der Waals surface area contributed by atoms with E-state index in [1.54, 1.807) is 0 Å². The minimum atomic E-state index is 0.563. The van der Waals surface area contributed by atoms with Crippen LogP contribution in [0.4, 0.5) is 5.13 Å². The van der Waals surface area contributed by atoms with E-state index < -0.39 is 0 Å². The highest BCUT2D eigenvalue weighted by molar-refractivity contribution is 7.13. The molecule has 62 valence electrons. The van der Waals surface area contributed by atoms with Gasteiger partial charge in [-0.1, -0.05) is 20.3 Å². The van der Waals surface area contributed by atoms with Crippen LogP contribution in [0.2, 0.25) is 0 Å². The van der Waals surface area contributed by atoms with Crippen molar-refractivity contribution in [2.75, 3.05) is 5.73 Å². The first-order chi connectivity index (χ1) is 5.24. The van der Waals surface area contributed by atoms with Gasteiger partial charge in [0.05, 0.1) is 5.69 Å². The normalized spacial score (nSPS) is 13.3. The molecule has 1 aromatic rings. The second kappa shape index (κ2) is 3.72. The van der Waals surface area contributed by atoms with Crippen LogP contribution in [0.15, 0.2) is 5.38 Å². The van der Waals surface area contributed by atoms with Crippen LogP contribution in [0.25, 0.3) is 0 Å². The van der Waals surface area contributed by atoms with E-state index in [2.05, 4.69) is 24.2 Å². The van der Waals surface area contributed by atoms with Crippen molar-refractivity contribution in [1.82, 2.24) is 4.98 Å². The van der Waals surface area contributed by atoms with Crippen molar-refractivity contribution in [3.63, 3.8) is 0 Å². The quantitative estimate of drug-likeness (QED) is 0.757. The van der Waals surface area contributed by atoms with Gasteiger partial charge in [-0.2, -0.15) is 0 Å². The maximum Gasteiger partial charge on any atom is 0.180 e. The molecule has 0 radical (unpaired) electrons. The number of hydrogen-bond donors (Lipinski definition) is 1. The van der Waals surface area contributed by atoms with Crippen LogP contribution in [0, 0.1) is 0 Å². The molecule has 0 amide bonds. The zero-order valence-electron chi connectivity index (χ0n) is 7.00. The Morgan fingerprint density at radius 2 is 2.45 bits per heavy atom. The van der Waals surface area contributed by atoms with Crippen LogP contribution in [-0.4, -0.2) is 4.98 Å². The van der Waals surface area contributed by atoms with Gasteiger partial charge in [0, 0.05) is 5.38 Å². The van der Waals surface area contributed by atoms with E-state index >= 15 is 0 Å². The standard InChI is InChI=1S/C8H14N2S/c1-3-4-6(2)7-5-11-8(9)10-7/h5-6H,3-4H2,1-2H3,(H2,9,10). The van der Waals surface area contributed by atoms with Crippen molar-refractivity contribution < 1.29 is 0 Å². The second-order valence-corrected chi connectivity index (χ2v) is 3.69. The summed E-state index contributed by atoms with van der Waals surface area (Å²) in [6, 6.07) is 0. The van der Waals surface area contributed by atoms with Gasteiger partial charge in [0.25, 0.3) is 0 Å². The molecular formula is C8H14N2S. The molecule has 1 atom stereocenters. The van der Waals surface area contributed by atoms with Crippen LogP contribution >= 0.6 is 11.3 Å². The topological polar surface area (TPSA) is 38.9 Å². The maximum atomic E-state index is 5.52. The summed E-state index contributed by atoms with van der Waals surface area (Å²) in [7, 11) is 0. The molecule has 2 nitrogen and oxygen atoms in total. The monoisotopic (exact) mass is 170 g/mol. The van der Waals surface area contributed by atoms with Gasteiger partial charge in [-0.15, -0.1) is 11.3 Å². The number of anilines is 1. The molecule has 0 saturated carbocycles. The highest BCUT2D eigenvalue weighted by atomic mass is 32.1. The van der Waals surface area contributed by atoms with Crippen molar-refractivity contribution in [2.45, 2.75) is 32.6 Å². The lowest BCUT2D eigenvalue weighted by atomic mass is 10.0. The zero-order valence-corrected chi connectivity index (χ0v) is 7.82. The Balaban J connectivity index is 2.60. The highest BCUT2D eigenvalue weighted by Gasteiger charge is 2.06. The molecule has 0 saturated heterocycles. The van der Waals surface area contributed by atoms with Gasteiger partial charge in [-0.25, -0.2) is 4.98 Å². The number of aromatic nitrogens is 1. The van der Waals surface area contributed by atoms with Gasteiger partial charge in [0.15, 0.2) is 5.13 Å². The Kier molecular flexibility index (Phi) is 2.88. The number of rotatable bonds is 3. The summed E-state index contributed by atoms with van der Waals surface area (Å²) in [6.07, 6.45) is 2.40. The fourth-order valence-corrected chi connectivity index (χ4v) is 1.79. The summed E-state index contributed by atoms with van der Waals surface area (Å²) in [5, 5.41) is 2.73. The molecule has 0 bridgehead atoms. The van der Waals surface area contributed by atoms with E-state index in [1.165, 1.54) is 24.2 Å². The van der Waals surface area contributed by atoms with Gasteiger partial charge in [-0.3, -0.25) is 0 Å². The van der Waals surface area contributed by atoms with E-state index in [1.807, 2.05) is 0 Å². The molecule has 1 aromatic heterocycles. The SMILES string of the molecule is CCCC(C)c1csc(N)n1. The maximum absolute atomic E-state index is 5.52. The number of nitrogens with zero attached hydrogens (tertiary/aromatic N) is 1. The average molecular weight is 170 g/mol. The largest absolute Gasteiger partial charge is 0.375 e. The average Bonchev–Trinajstić information content (AvgIpc) is 2.36. The third-order valence-electron chi connectivity index (χ3n) is 1.77. The van der Waals surface area contributed by atoms with Gasteiger partial charge >= 0.3 is 0 Å². The van der Waals surface area contributed by atoms with Crippen molar-refractivity contribution in [2.24, 2.45) is 0 Å². The Hall–Kier alpha value is -0.570. The molecule has 2 N–H and O–H groups in total. The van der Waals surface area contributed by atoms with E-state index in [-0.39, 0.29) is 0 Å². The van der Waals surface area contributed by atoms with Crippen LogP contribution in [0.1, 0.15) is 38.3 Å². The smallest absolute Gasteiger partial charge is 0.180 e. The lowest BCUT2D eigenvalue weighted by Gasteiger charge is -2.04. The van der Waals surface area contributed by atoms with E-state index in [0.29, 0.717) is 11.0 Å². The van der Waals surface area contributed by atoms with Gasteiger partial charge < -0.3 is 5.73 Å². The first-order valence-corrected chi connectivity index (χ1v) is 4.83. The van der Waals surface area contributed by atoms with Crippen LogP contribution in [-0.2, 0) is 0 Å². The molecule has 11 heavy (non-hydrogen) atoms. The minimum Gasteiger partial charge on any atom is -0.375 e. The Labute approximate surface area is 71.5 Å². The summed E-state index contributed by atoms with van der Waals surface area (Å²) in [6.45, 7) is 4.38. The third-order valence-corrected chi connectivity index (χ3v) is 2.46. The Bertz CT molecular complexity index is 220. The van der Waals surface area contributed by atoms with Gasteiger partial charge in [0.2, 0.25) is 0 Å². The second-order valence-electron chi connectivity index (χ2n) is 2.80. The summed E-state index contributed by atoms with van der Waals surface area (Å²) < 4.78 is 0. The third kappa shape index (κ3) is 2.19. The lowest BCUT2D eigenvalue weighted by molar-refractivity contribution is 0.652. The Morgan fingerprint density at radius 1 is 1.73 bits per heavy atom. The fourth-order valence-electron chi connectivity index (χ4n) is 1.11. The van der Waals surface area contributed by atoms with E-state index in [9.17, 15) is 0 Å². The molecule has 0 aliphatic rings. The number of nitrogens with two attached hydrogens (primary N) is 1. The van der Waals surface area contributed by atoms with E-state index in [0.717, 1.165) is 5.69 Å². The Morgan fingerprint density at radius 3 is 2.91 bits per heavy atom. The predicted octanol–water partition coefficient (Wildman–Crippen LogP) is 2.63. The van der Waals surface area contributed by atoms with Crippen molar-refractivity contribution in [3.05, 3.63) is 11.1 Å². The van der Waals surface area contributed by atoms with Gasteiger partial charge in [-0.05, 0) is 12.3 Å². The minimum absolute atomic E-state index is 0.563. The molecule has 1 unspecified atom stereocenters. The summed E-state index contributed by atoms with van der Waals surface area (Å²) in [5.74, 6) is 0.563. The molecule has 3 heteroatoms. The first kappa shape index (κ1) is 8.53. The van der Waals surface area contributed by atoms with Gasteiger partial charge in [0.1, 0.15) is 0 Å². The molecular weight excluding hydrogens is 156 g/mol. The van der Waals surface area contributed by atoms with Crippen LogP contribution in [0.3, 0.4) is 0 Å². The molecule has 1 heterocycles. The highest BCUT2D eigenvalue weighted by Crippen LogP contribution is 2.22. The number of nitrogen functional groups attached to an aromatic ring is 1. The van der Waals surface area contributed by atoms with E-state index in [4.69, 9.17) is 5.73 Å². The zero-order chi connectivity index (χ0) is 8.27. The molecule has 0 aliphatic heterocycles. The van der Waals surface area contributed by atoms with Crippen molar-refractivity contribution in [1.29, 1.82) is 0 Å². The fraction of sp³-hybridized carbons (Fsp3) is 0.625. The van der Waals surface area contributed by atoms with Crippen molar-refractivity contribution >= 4 is 16.5 Å². The molecule has 0 spiro atoms. The lowest BCUT2D eigenvalue weighted by Crippen LogP contribution is -1.93. The summed E-state index contributed by atoms with van der Waals surface area (Å²) in [4.78, 5) is 4.23. The molecule has 1 rings (SSSR count). The summed E-state index contributed by atoms with van der Waals surface area (Å²) in [5.41, 5.74) is 6.67. The molecule has 0 aliphatic carbocycles. The predicted molar refractivity (Wildman–Crippen MR) is 49.8 cm³/mol. The molecule has 0 fully saturated rings. The number of hydrogen-bond acceptors (Lipinski definition) is 3. The first-order valence-electron chi connectivity index (χ1n) is 3.95. The van der Waals surface area contributed by atoms with Crippen LogP contribution in [0.5, 0.6) is 0 Å². The molecule has 0 aromatic carbocycles. The van der Waals surface area contributed by atoms with Crippen molar-refractivity contribution in [3.8, 4) is 0 Å². The summed E-state index contributed by atoms with van der Waals surface area (Å²) >= 11 is 1.53.